The monoisotopic (exact) mass is 206 g/mol. The quantitative estimate of drug-likeness (QED) is 0.640. The van der Waals surface area contributed by atoms with Crippen molar-refractivity contribution < 1.29 is 8.49 Å². The highest BCUT2D eigenvalue weighted by Crippen LogP contribution is 1.97. The van der Waals surface area contributed by atoms with Crippen LogP contribution in [0, 0.1) is 0 Å². The number of nitrogens with one attached hydrogen (secondary N) is 1. The maximum Gasteiger partial charge on any atom is 0.339 e. The summed E-state index contributed by atoms with van der Waals surface area (Å²) in [5.74, 6) is 0.514. The Bertz CT molecular complexity index is 231. The lowest BCUT2D eigenvalue weighted by Crippen LogP contribution is -2.39. The van der Waals surface area contributed by atoms with Crippen molar-refractivity contribution in [1.29, 1.82) is 0 Å². The van der Waals surface area contributed by atoms with Crippen molar-refractivity contribution in [3.05, 3.63) is 0 Å². The Morgan fingerprint density at radius 3 is 2.62 bits per heavy atom. The molecule has 0 aromatic carbocycles. The van der Waals surface area contributed by atoms with Crippen molar-refractivity contribution in [2.75, 3.05) is 34.2 Å². The van der Waals surface area contributed by atoms with Crippen LogP contribution < -0.4 is 4.72 Å². The number of guanidine groups is 1. The van der Waals surface area contributed by atoms with Gasteiger partial charge in [-0.3, -0.25) is 4.28 Å². The van der Waals surface area contributed by atoms with Crippen molar-refractivity contribution in [1.82, 2.24) is 14.5 Å². The summed E-state index contributed by atoms with van der Waals surface area (Å²) in [6.45, 7) is 1.71. The third-order valence-electron chi connectivity index (χ3n) is 1.61. The first-order valence-corrected chi connectivity index (χ1v) is 4.97. The van der Waals surface area contributed by atoms with Gasteiger partial charge in [-0.2, -0.15) is 4.21 Å². The number of rotatable bonds is 3. The second kappa shape index (κ2) is 4.43. The maximum absolute atomic E-state index is 10.7. The molecule has 0 aliphatic carbocycles. The molecule has 0 bridgehead atoms. The van der Waals surface area contributed by atoms with Gasteiger partial charge < -0.3 is 9.80 Å². The standard InChI is InChI=1S/C6H14N4O2S/c1-9(2)4-5-10(3)6-7-12-13(11)8-6/h4-5H2,1-3H3,(H,7,8). The van der Waals surface area contributed by atoms with E-state index in [2.05, 4.69) is 19.1 Å². The minimum Gasteiger partial charge on any atom is -0.341 e. The van der Waals surface area contributed by atoms with Crippen molar-refractivity contribution in [3.63, 3.8) is 0 Å². The molecule has 13 heavy (non-hydrogen) atoms. The minimum absolute atomic E-state index is 0.514. The van der Waals surface area contributed by atoms with E-state index in [9.17, 15) is 4.21 Å². The molecule has 1 heterocycles. The van der Waals surface area contributed by atoms with E-state index in [0.717, 1.165) is 13.1 Å². The van der Waals surface area contributed by atoms with E-state index in [1.807, 2.05) is 26.0 Å². The Hall–Kier alpha value is -0.820. The molecule has 1 aliphatic heterocycles. The highest BCUT2D eigenvalue weighted by Gasteiger charge is 2.17. The van der Waals surface area contributed by atoms with Crippen LogP contribution in [-0.2, 0) is 15.6 Å². The zero-order valence-electron chi connectivity index (χ0n) is 7.98. The van der Waals surface area contributed by atoms with E-state index in [1.54, 1.807) is 0 Å². The van der Waals surface area contributed by atoms with Crippen LogP contribution >= 0.6 is 0 Å². The van der Waals surface area contributed by atoms with Crippen molar-refractivity contribution >= 4 is 17.2 Å². The van der Waals surface area contributed by atoms with E-state index in [4.69, 9.17) is 0 Å². The van der Waals surface area contributed by atoms with Crippen LogP contribution in [0.3, 0.4) is 0 Å². The predicted octanol–water partition coefficient (Wildman–Crippen LogP) is -1.05. The summed E-state index contributed by atoms with van der Waals surface area (Å²) in [6, 6.07) is 0. The summed E-state index contributed by atoms with van der Waals surface area (Å²) in [7, 11) is 5.85. The fourth-order valence-electron chi connectivity index (χ4n) is 0.784. The highest BCUT2D eigenvalue weighted by molar-refractivity contribution is 7.79. The Labute approximate surface area is 80.3 Å². The molecule has 7 heteroatoms. The largest absolute Gasteiger partial charge is 0.341 e. The molecule has 76 valence electrons. The van der Waals surface area contributed by atoms with Gasteiger partial charge >= 0.3 is 11.3 Å². The van der Waals surface area contributed by atoms with Crippen LogP contribution in [0.25, 0.3) is 0 Å². The lowest BCUT2D eigenvalue weighted by molar-refractivity contribution is 0.342. The number of hydrogen-bond acceptors (Lipinski definition) is 5. The highest BCUT2D eigenvalue weighted by atomic mass is 32.2. The van der Waals surface area contributed by atoms with Crippen LogP contribution in [0.15, 0.2) is 5.16 Å². The third kappa shape index (κ3) is 3.19. The molecule has 1 aliphatic rings. The van der Waals surface area contributed by atoms with E-state index in [0.29, 0.717) is 5.96 Å². The molecule has 0 radical (unpaired) electrons. The number of oxime groups is 1. The minimum atomic E-state index is -1.50. The van der Waals surface area contributed by atoms with Gasteiger partial charge in [0.1, 0.15) is 0 Å². The van der Waals surface area contributed by atoms with Crippen molar-refractivity contribution in [3.8, 4) is 0 Å². The van der Waals surface area contributed by atoms with Gasteiger partial charge in [-0.05, 0) is 19.3 Å². The van der Waals surface area contributed by atoms with Crippen LogP contribution in [0.4, 0.5) is 0 Å². The molecule has 0 amide bonds. The number of hydrogen-bond donors (Lipinski definition) is 1. The molecule has 0 saturated heterocycles. The van der Waals surface area contributed by atoms with Gasteiger partial charge in [-0.25, -0.2) is 4.72 Å². The zero-order valence-corrected chi connectivity index (χ0v) is 8.80. The molecule has 6 nitrogen and oxygen atoms in total. The first-order chi connectivity index (χ1) is 6.09. The van der Waals surface area contributed by atoms with Crippen molar-refractivity contribution in [2.24, 2.45) is 5.16 Å². The van der Waals surface area contributed by atoms with E-state index < -0.39 is 11.3 Å². The van der Waals surface area contributed by atoms with Crippen LogP contribution in [-0.4, -0.2) is 54.2 Å². The fourth-order valence-corrected chi connectivity index (χ4v) is 1.30. The summed E-state index contributed by atoms with van der Waals surface area (Å²) in [5, 5.41) is 3.61. The van der Waals surface area contributed by atoms with Crippen molar-refractivity contribution in [2.45, 2.75) is 0 Å². The predicted molar refractivity (Wildman–Crippen MR) is 51.0 cm³/mol. The van der Waals surface area contributed by atoms with Gasteiger partial charge in [0.05, 0.1) is 0 Å². The van der Waals surface area contributed by atoms with E-state index in [1.165, 1.54) is 0 Å². The Morgan fingerprint density at radius 2 is 2.15 bits per heavy atom. The second-order valence-corrected chi connectivity index (χ2v) is 3.87. The summed E-state index contributed by atoms with van der Waals surface area (Å²) >= 11 is -1.50. The first-order valence-electron chi connectivity index (χ1n) is 3.89. The average Bonchev–Trinajstić information content (AvgIpc) is 2.47. The van der Waals surface area contributed by atoms with Crippen LogP contribution in [0.2, 0.25) is 0 Å². The van der Waals surface area contributed by atoms with E-state index in [-0.39, 0.29) is 0 Å². The molecule has 0 aromatic rings. The van der Waals surface area contributed by atoms with Gasteiger partial charge in [0, 0.05) is 20.1 Å². The molecule has 1 N–H and O–H groups in total. The Morgan fingerprint density at radius 1 is 1.46 bits per heavy atom. The molecule has 1 rings (SSSR count). The number of likely N-dealkylation sites (N-methyl/N-ethyl adjacent to an activating group) is 2. The Kier molecular flexibility index (Phi) is 3.49. The maximum atomic E-state index is 10.7. The molecular formula is C6H14N4O2S. The molecule has 0 aromatic heterocycles. The zero-order chi connectivity index (χ0) is 9.84. The SMILES string of the molecule is CN(C)CCN(C)C1=NOS(=O)N1. The topological polar surface area (TPSA) is 57.2 Å². The third-order valence-corrected chi connectivity index (χ3v) is 2.17. The molecule has 1 atom stereocenters. The van der Waals surface area contributed by atoms with Gasteiger partial charge in [0.15, 0.2) is 0 Å². The van der Waals surface area contributed by atoms with Gasteiger partial charge in [0.25, 0.3) is 5.96 Å². The van der Waals surface area contributed by atoms with E-state index >= 15 is 0 Å². The molecule has 0 spiro atoms. The fraction of sp³-hybridized carbons (Fsp3) is 0.833. The normalized spacial score (nSPS) is 20.9. The van der Waals surface area contributed by atoms with Crippen LogP contribution in [0.1, 0.15) is 0 Å². The first kappa shape index (κ1) is 10.3. The lowest BCUT2D eigenvalue weighted by Gasteiger charge is -2.18. The molecular weight excluding hydrogens is 192 g/mol. The average molecular weight is 206 g/mol. The van der Waals surface area contributed by atoms with Gasteiger partial charge in [-0.1, -0.05) is 0 Å². The molecule has 0 fully saturated rings. The van der Waals surface area contributed by atoms with Crippen LogP contribution in [0.5, 0.6) is 0 Å². The lowest BCUT2D eigenvalue weighted by atomic mass is 10.5. The smallest absolute Gasteiger partial charge is 0.339 e. The molecule has 1 unspecified atom stereocenters. The van der Waals surface area contributed by atoms with Gasteiger partial charge in [-0.15, -0.1) is 0 Å². The molecule has 0 saturated carbocycles. The Balaban J connectivity index is 2.31. The summed E-state index contributed by atoms with van der Waals surface area (Å²) in [5.41, 5.74) is 0. The second-order valence-electron chi connectivity index (χ2n) is 3.05. The van der Waals surface area contributed by atoms with Gasteiger partial charge in [0.2, 0.25) is 0 Å². The summed E-state index contributed by atoms with van der Waals surface area (Å²) in [6.07, 6.45) is 0. The summed E-state index contributed by atoms with van der Waals surface area (Å²) < 4.78 is 17.8. The number of nitrogens with zero attached hydrogens (tertiary/aromatic N) is 3. The summed E-state index contributed by atoms with van der Waals surface area (Å²) in [4.78, 5) is 3.91.